The minimum atomic E-state index is -5.29. The second-order valence-electron chi connectivity index (χ2n) is 9.24. The zero-order valence-corrected chi connectivity index (χ0v) is 22.1. The van der Waals surface area contributed by atoms with Crippen LogP contribution in [0.15, 0.2) is 54.6 Å². The maximum absolute atomic E-state index is 11.7. The molecule has 0 bridgehead atoms. The average Bonchev–Trinajstić information content (AvgIpc) is 2.78. The smallest absolute Gasteiger partial charge is 0.132 e. The maximum Gasteiger partial charge on any atom is 0.132 e. The van der Waals surface area contributed by atoms with Gasteiger partial charge in [-0.2, -0.15) is 0 Å². The molecule has 3 rings (SSSR count). The molecule has 0 aromatic heterocycles. The maximum atomic E-state index is 11.7. The third-order valence-corrected chi connectivity index (χ3v) is 6.31. The predicted octanol–water partition coefficient (Wildman–Crippen LogP) is 5.77. The minimum absolute atomic E-state index is 0.0212. The molecular formula is C28H33O6P-2. The molecule has 188 valence electrons. The van der Waals surface area contributed by atoms with Gasteiger partial charge >= 0.3 is 0 Å². The lowest BCUT2D eigenvalue weighted by atomic mass is 9.83. The third-order valence-electron chi connectivity index (χ3n) is 5.89. The first-order valence-corrected chi connectivity index (χ1v) is 13.1. The van der Waals surface area contributed by atoms with Crippen molar-refractivity contribution in [1.29, 1.82) is 0 Å². The first-order chi connectivity index (χ1) is 16.6. The fourth-order valence-electron chi connectivity index (χ4n) is 4.40. The van der Waals surface area contributed by atoms with E-state index >= 15 is 0 Å². The molecule has 0 radical (unpaired) electrons. The molecule has 6 nitrogen and oxygen atoms in total. The molecule has 0 unspecified atom stereocenters. The summed E-state index contributed by atoms with van der Waals surface area (Å²) in [6, 6.07) is 17.3. The highest BCUT2D eigenvalue weighted by Crippen LogP contribution is 2.47. The van der Waals surface area contributed by atoms with Gasteiger partial charge in [0.05, 0.1) is 13.2 Å². The van der Waals surface area contributed by atoms with Gasteiger partial charge < -0.3 is 28.3 Å². The van der Waals surface area contributed by atoms with Crippen LogP contribution >= 0.6 is 7.82 Å². The molecule has 35 heavy (non-hydrogen) atoms. The van der Waals surface area contributed by atoms with E-state index in [1.165, 1.54) is 6.07 Å². The summed E-state index contributed by atoms with van der Waals surface area (Å²) in [5, 5.41) is 0. The van der Waals surface area contributed by atoms with Crippen LogP contribution in [-0.4, -0.2) is 14.2 Å². The van der Waals surface area contributed by atoms with Crippen LogP contribution in [0.3, 0.4) is 0 Å². The Hall–Kier alpha value is -2.47. The molecule has 0 saturated heterocycles. The Morgan fingerprint density at radius 1 is 0.743 bits per heavy atom. The van der Waals surface area contributed by atoms with Crippen LogP contribution in [-0.2, 0) is 27.3 Å². The van der Waals surface area contributed by atoms with Crippen molar-refractivity contribution in [2.24, 2.45) is 0 Å². The van der Waals surface area contributed by atoms with Gasteiger partial charge in [-0.3, -0.25) is 0 Å². The third kappa shape index (κ3) is 6.60. The lowest BCUT2D eigenvalue weighted by molar-refractivity contribution is -0.333. The van der Waals surface area contributed by atoms with Gasteiger partial charge in [-0.1, -0.05) is 76.2 Å². The van der Waals surface area contributed by atoms with Crippen LogP contribution in [0.5, 0.6) is 5.75 Å². The summed E-state index contributed by atoms with van der Waals surface area (Å²) < 4.78 is 27.4. The molecule has 0 amide bonds. The number of hydrogen-bond acceptors (Lipinski definition) is 6. The summed E-state index contributed by atoms with van der Waals surface area (Å²) in [4.78, 5) is 23.4. The fraction of sp³-hybridized carbons (Fsp3) is 0.357. The SMILES string of the molecule is COCc1ccc(-c2cccc(OP(=O)([O-])[O-])c2-c2ccc(COC)cc2C(C)C)c(C(C)C)c1. The Kier molecular flexibility index (Phi) is 8.92. The van der Waals surface area contributed by atoms with Gasteiger partial charge in [0.25, 0.3) is 0 Å². The van der Waals surface area contributed by atoms with E-state index in [1.54, 1.807) is 20.3 Å². The van der Waals surface area contributed by atoms with Crippen molar-refractivity contribution in [2.75, 3.05) is 14.2 Å². The summed E-state index contributed by atoms with van der Waals surface area (Å²) >= 11 is 0. The minimum Gasteiger partial charge on any atom is -0.780 e. The molecule has 0 aliphatic carbocycles. The van der Waals surface area contributed by atoms with Crippen LogP contribution in [0.4, 0.5) is 0 Å². The van der Waals surface area contributed by atoms with E-state index in [4.69, 9.17) is 14.0 Å². The number of methoxy groups -OCH3 is 2. The highest BCUT2D eigenvalue weighted by Gasteiger charge is 2.21. The zero-order chi connectivity index (χ0) is 25.8. The lowest BCUT2D eigenvalue weighted by Gasteiger charge is -2.31. The Morgan fingerprint density at radius 3 is 1.74 bits per heavy atom. The van der Waals surface area contributed by atoms with Crippen molar-refractivity contribution in [3.8, 4) is 28.0 Å². The van der Waals surface area contributed by atoms with Gasteiger partial charge in [0.15, 0.2) is 0 Å². The normalized spacial score (nSPS) is 11.9. The van der Waals surface area contributed by atoms with E-state index in [1.807, 2.05) is 30.3 Å². The number of phosphoric ester groups is 1. The Balaban J connectivity index is 2.37. The monoisotopic (exact) mass is 496 g/mol. The molecule has 3 aromatic carbocycles. The van der Waals surface area contributed by atoms with E-state index in [0.717, 1.165) is 38.9 Å². The zero-order valence-electron chi connectivity index (χ0n) is 21.2. The number of ether oxygens (including phenoxy) is 2. The molecule has 0 aliphatic rings. The number of benzene rings is 3. The molecule has 7 heteroatoms. The lowest BCUT2D eigenvalue weighted by Crippen LogP contribution is -2.19. The van der Waals surface area contributed by atoms with Crippen LogP contribution in [0.1, 0.15) is 61.8 Å². The van der Waals surface area contributed by atoms with E-state index in [0.29, 0.717) is 18.8 Å². The Labute approximate surface area is 208 Å². The van der Waals surface area contributed by atoms with Crippen LogP contribution < -0.4 is 14.3 Å². The van der Waals surface area contributed by atoms with Gasteiger partial charge in [-0.25, -0.2) is 0 Å². The van der Waals surface area contributed by atoms with Crippen molar-refractivity contribution < 1.29 is 28.3 Å². The molecule has 0 heterocycles. The number of phosphoric acid groups is 1. The second kappa shape index (κ2) is 11.5. The van der Waals surface area contributed by atoms with Crippen molar-refractivity contribution in [2.45, 2.75) is 52.7 Å². The Bertz CT molecular complexity index is 1210. The summed E-state index contributed by atoms with van der Waals surface area (Å²) in [5.74, 6) is 0.341. The van der Waals surface area contributed by atoms with E-state index in [2.05, 4.69) is 39.8 Å². The molecule has 0 atom stereocenters. The Morgan fingerprint density at radius 2 is 1.26 bits per heavy atom. The van der Waals surface area contributed by atoms with Crippen LogP contribution in [0.2, 0.25) is 0 Å². The van der Waals surface area contributed by atoms with Gasteiger partial charge in [0.2, 0.25) is 0 Å². The standard InChI is InChI=1S/C28H35O6P/c1-18(2)25-14-20(16-32-5)10-12-22(25)23-8-7-9-27(34-35(29,30)31)28(23)24-13-11-21(17-33-6)15-26(24)19(3)4/h7-15,18-19H,16-17H2,1-6H3,(H2,29,30,31)/p-2. The molecule has 0 saturated carbocycles. The number of hydrogen-bond donors (Lipinski definition) is 0. The molecule has 0 spiro atoms. The van der Waals surface area contributed by atoms with Crippen LogP contribution in [0, 0.1) is 0 Å². The van der Waals surface area contributed by atoms with Gasteiger partial charge in [0, 0.05) is 19.8 Å². The predicted molar refractivity (Wildman–Crippen MR) is 135 cm³/mol. The second-order valence-corrected chi connectivity index (χ2v) is 10.3. The highest BCUT2D eigenvalue weighted by atomic mass is 31.2. The van der Waals surface area contributed by atoms with E-state index in [-0.39, 0.29) is 17.6 Å². The average molecular weight is 497 g/mol. The summed E-state index contributed by atoms with van der Waals surface area (Å²) in [5.41, 5.74) is 7.28. The topological polar surface area (TPSA) is 90.9 Å². The van der Waals surface area contributed by atoms with Crippen molar-refractivity contribution in [3.05, 3.63) is 76.9 Å². The molecule has 0 aliphatic heterocycles. The summed E-state index contributed by atoms with van der Waals surface area (Å²) in [6.45, 7) is 9.31. The largest absolute Gasteiger partial charge is 0.780 e. The van der Waals surface area contributed by atoms with Gasteiger partial charge in [0.1, 0.15) is 13.6 Å². The fourth-order valence-corrected chi connectivity index (χ4v) is 4.79. The summed E-state index contributed by atoms with van der Waals surface area (Å²) in [7, 11) is -1.99. The van der Waals surface area contributed by atoms with Crippen molar-refractivity contribution in [3.63, 3.8) is 0 Å². The highest BCUT2D eigenvalue weighted by molar-refractivity contribution is 7.43. The quantitative estimate of drug-likeness (QED) is 0.331. The molecule has 3 aromatic rings. The van der Waals surface area contributed by atoms with Gasteiger partial charge in [-0.15, -0.1) is 0 Å². The number of rotatable bonds is 10. The van der Waals surface area contributed by atoms with Crippen molar-refractivity contribution >= 4 is 7.82 Å². The first-order valence-electron chi connectivity index (χ1n) is 11.6. The van der Waals surface area contributed by atoms with Gasteiger partial charge in [-0.05, 0) is 56.8 Å². The van der Waals surface area contributed by atoms with E-state index in [9.17, 15) is 14.4 Å². The molecule has 0 fully saturated rings. The van der Waals surface area contributed by atoms with Crippen LogP contribution in [0.25, 0.3) is 22.3 Å². The summed E-state index contributed by atoms with van der Waals surface area (Å²) in [6.07, 6.45) is 0. The van der Waals surface area contributed by atoms with Crippen molar-refractivity contribution in [1.82, 2.24) is 0 Å². The first kappa shape index (κ1) is 27.1. The molecule has 0 N–H and O–H groups in total. The molecular weight excluding hydrogens is 463 g/mol. The van der Waals surface area contributed by atoms with E-state index < -0.39 is 7.82 Å².